The van der Waals surface area contributed by atoms with Gasteiger partial charge in [0.05, 0.1) is 18.6 Å². The Bertz CT molecular complexity index is 301. The lowest BCUT2D eigenvalue weighted by molar-refractivity contribution is -0.138. The van der Waals surface area contributed by atoms with E-state index in [1.165, 1.54) is 0 Å². The Morgan fingerprint density at radius 3 is 2.59 bits per heavy atom. The molecular formula is C12H21NO4. The van der Waals surface area contributed by atoms with Gasteiger partial charge in [0.15, 0.2) is 0 Å². The Hall–Kier alpha value is -1.10. The number of hydrogen-bond donors (Lipinski definition) is 2. The summed E-state index contributed by atoms with van der Waals surface area (Å²) in [5.74, 6) is -0.982. The van der Waals surface area contributed by atoms with E-state index in [2.05, 4.69) is 5.32 Å². The monoisotopic (exact) mass is 243 g/mol. The smallest absolute Gasteiger partial charge is 0.303 e. The highest BCUT2D eigenvalue weighted by Crippen LogP contribution is 2.21. The van der Waals surface area contributed by atoms with Crippen molar-refractivity contribution >= 4 is 11.9 Å². The van der Waals surface area contributed by atoms with Crippen molar-refractivity contribution < 1.29 is 19.4 Å². The van der Waals surface area contributed by atoms with Crippen LogP contribution in [0.25, 0.3) is 0 Å². The van der Waals surface area contributed by atoms with Crippen LogP contribution < -0.4 is 5.32 Å². The second-order valence-corrected chi connectivity index (χ2v) is 5.34. The maximum Gasteiger partial charge on any atom is 0.303 e. The minimum Gasteiger partial charge on any atom is -0.481 e. The zero-order chi connectivity index (χ0) is 13.1. The molecule has 1 rings (SSSR count). The Balaban J connectivity index is 2.41. The molecule has 0 saturated carbocycles. The third kappa shape index (κ3) is 4.73. The van der Waals surface area contributed by atoms with Crippen LogP contribution in [0.2, 0.25) is 0 Å². The summed E-state index contributed by atoms with van der Waals surface area (Å²) in [6.07, 6.45) is 1.36. The third-order valence-electron chi connectivity index (χ3n) is 2.99. The molecule has 0 aromatic heterocycles. The summed E-state index contributed by atoms with van der Waals surface area (Å²) >= 11 is 0. The summed E-state index contributed by atoms with van der Waals surface area (Å²) in [5, 5.41) is 11.5. The van der Waals surface area contributed by atoms with Gasteiger partial charge in [0.2, 0.25) is 5.91 Å². The summed E-state index contributed by atoms with van der Waals surface area (Å²) < 4.78 is 5.34. The van der Waals surface area contributed by atoms with Crippen molar-refractivity contribution in [3.05, 3.63) is 0 Å². The third-order valence-corrected chi connectivity index (χ3v) is 2.99. The molecule has 1 heterocycles. The molecule has 98 valence electrons. The zero-order valence-corrected chi connectivity index (χ0v) is 10.7. The second-order valence-electron chi connectivity index (χ2n) is 5.34. The molecule has 1 aliphatic heterocycles. The van der Waals surface area contributed by atoms with E-state index in [4.69, 9.17) is 9.84 Å². The second kappa shape index (κ2) is 5.49. The average molecular weight is 243 g/mol. The molecular weight excluding hydrogens is 222 g/mol. The van der Waals surface area contributed by atoms with E-state index < -0.39 is 11.5 Å². The Kier molecular flexibility index (Phi) is 4.51. The fourth-order valence-corrected chi connectivity index (χ4v) is 1.92. The van der Waals surface area contributed by atoms with Gasteiger partial charge in [-0.2, -0.15) is 0 Å². The molecule has 0 aromatic carbocycles. The van der Waals surface area contributed by atoms with Crippen LogP contribution in [0.1, 0.15) is 40.0 Å². The number of rotatable bonds is 5. The number of aliphatic carboxylic acids is 1. The highest BCUT2D eigenvalue weighted by molar-refractivity contribution is 5.79. The van der Waals surface area contributed by atoms with Gasteiger partial charge in [0.1, 0.15) is 0 Å². The number of amides is 1. The van der Waals surface area contributed by atoms with E-state index in [0.29, 0.717) is 13.0 Å². The number of carboxylic acid groups (broad SMARTS) is 1. The summed E-state index contributed by atoms with van der Waals surface area (Å²) in [7, 11) is 0. The molecule has 0 bridgehead atoms. The van der Waals surface area contributed by atoms with Crippen LogP contribution in [-0.2, 0) is 14.3 Å². The van der Waals surface area contributed by atoms with E-state index in [1.54, 1.807) is 0 Å². The van der Waals surface area contributed by atoms with Crippen LogP contribution in [0, 0.1) is 5.92 Å². The van der Waals surface area contributed by atoms with Gasteiger partial charge in [-0.25, -0.2) is 0 Å². The molecule has 2 atom stereocenters. The van der Waals surface area contributed by atoms with E-state index >= 15 is 0 Å². The number of carbonyl (C=O) groups is 2. The molecule has 1 fully saturated rings. The van der Waals surface area contributed by atoms with Crippen molar-refractivity contribution in [3.63, 3.8) is 0 Å². The van der Waals surface area contributed by atoms with Crippen molar-refractivity contribution in [2.45, 2.75) is 51.7 Å². The lowest BCUT2D eigenvalue weighted by Gasteiger charge is -2.27. The molecule has 0 spiro atoms. The van der Waals surface area contributed by atoms with Gasteiger partial charge >= 0.3 is 5.97 Å². The summed E-state index contributed by atoms with van der Waals surface area (Å²) in [6.45, 7) is 6.09. The number of ether oxygens (including phenoxy) is 1. The van der Waals surface area contributed by atoms with Gasteiger partial charge < -0.3 is 15.2 Å². The molecule has 5 nitrogen and oxygen atoms in total. The standard InChI is InChI=1S/C12H21NO4/c1-8-6-9(7-17-8)11(16)13-12(2,3)5-4-10(14)15/h8-9H,4-7H2,1-3H3,(H,13,16)(H,14,15). The molecule has 1 amide bonds. The molecule has 5 heteroatoms. The average Bonchev–Trinajstić information content (AvgIpc) is 2.61. The van der Waals surface area contributed by atoms with Crippen LogP contribution in [-0.4, -0.2) is 35.2 Å². The first-order chi connectivity index (χ1) is 7.80. The van der Waals surface area contributed by atoms with Crippen molar-refractivity contribution in [3.8, 4) is 0 Å². The lowest BCUT2D eigenvalue weighted by Crippen LogP contribution is -2.46. The van der Waals surface area contributed by atoms with Gasteiger partial charge in [-0.1, -0.05) is 0 Å². The van der Waals surface area contributed by atoms with Crippen LogP contribution in [0.5, 0.6) is 0 Å². The molecule has 0 aliphatic carbocycles. The molecule has 0 radical (unpaired) electrons. The summed E-state index contributed by atoms with van der Waals surface area (Å²) in [6, 6.07) is 0. The van der Waals surface area contributed by atoms with E-state index in [9.17, 15) is 9.59 Å². The fraction of sp³-hybridized carbons (Fsp3) is 0.833. The first-order valence-electron chi connectivity index (χ1n) is 5.95. The number of carbonyl (C=O) groups excluding carboxylic acids is 1. The topological polar surface area (TPSA) is 75.6 Å². The molecule has 1 aliphatic rings. The molecule has 0 aromatic rings. The van der Waals surface area contributed by atoms with Gasteiger partial charge in [-0.3, -0.25) is 9.59 Å². The summed E-state index contributed by atoms with van der Waals surface area (Å²) in [5.41, 5.74) is -0.485. The number of carboxylic acids is 1. The molecule has 2 N–H and O–H groups in total. The van der Waals surface area contributed by atoms with Crippen LogP contribution in [0.3, 0.4) is 0 Å². The van der Waals surface area contributed by atoms with Crippen molar-refractivity contribution in [1.29, 1.82) is 0 Å². The van der Waals surface area contributed by atoms with Crippen LogP contribution in [0.4, 0.5) is 0 Å². The fourth-order valence-electron chi connectivity index (χ4n) is 1.92. The van der Waals surface area contributed by atoms with E-state index in [0.717, 1.165) is 6.42 Å². The molecule has 17 heavy (non-hydrogen) atoms. The van der Waals surface area contributed by atoms with Gasteiger partial charge in [0, 0.05) is 12.0 Å². The Morgan fingerprint density at radius 2 is 2.12 bits per heavy atom. The zero-order valence-electron chi connectivity index (χ0n) is 10.7. The van der Waals surface area contributed by atoms with Gasteiger partial charge in [-0.05, 0) is 33.6 Å². The highest BCUT2D eigenvalue weighted by atomic mass is 16.5. The molecule has 1 saturated heterocycles. The maximum absolute atomic E-state index is 11.9. The molecule has 2 unspecified atom stereocenters. The van der Waals surface area contributed by atoms with E-state index in [1.807, 2.05) is 20.8 Å². The van der Waals surface area contributed by atoms with E-state index in [-0.39, 0.29) is 24.3 Å². The predicted octanol–water partition coefficient (Wildman–Crippen LogP) is 1.17. The van der Waals surface area contributed by atoms with Crippen molar-refractivity contribution in [1.82, 2.24) is 5.32 Å². The highest BCUT2D eigenvalue weighted by Gasteiger charge is 2.31. The Morgan fingerprint density at radius 1 is 1.47 bits per heavy atom. The van der Waals surface area contributed by atoms with Crippen molar-refractivity contribution in [2.75, 3.05) is 6.61 Å². The maximum atomic E-state index is 11.9. The first-order valence-corrected chi connectivity index (χ1v) is 5.95. The SMILES string of the molecule is CC1CC(C(=O)NC(C)(C)CCC(=O)O)CO1. The van der Waals surface area contributed by atoms with Crippen molar-refractivity contribution in [2.24, 2.45) is 5.92 Å². The summed E-state index contributed by atoms with van der Waals surface area (Å²) in [4.78, 5) is 22.4. The normalized spacial score (nSPS) is 24.6. The number of nitrogens with one attached hydrogen (secondary N) is 1. The lowest BCUT2D eigenvalue weighted by atomic mass is 9.96. The predicted molar refractivity (Wildman–Crippen MR) is 62.6 cm³/mol. The van der Waals surface area contributed by atoms with Gasteiger partial charge in [0.25, 0.3) is 0 Å². The van der Waals surface area contributed by atoms with Crippen LogP contribution >= 0.6 is 0 Å². The Labute approximate surface area is 102 Å². The quantitative estimate of drug-likeness (QED) is 0.760. The minimum atomic E-state index is -0.842. The van der Waals surface area contributed by atoms with Crippen LogP contribution in [0.15, 0.2) is 0 Å². The largest absolute Gasteiger partial charge is 0.481 e. The minimum absolute atomic E-state index is 0.0373. The van der Waals surface area contributed by atoms with Gasteiger partial charge in [-0.15, -0.1) is 0 Å². The number of hydrogen-bond acceptors (Lipinski definition) is 3. The first kappa shape index (κ1) is 14.0.